The molecular weight excluding hydrogens is 286 g/mol. The summed E-state index contributed by atoms with van der Waals surface area (Å²) < 4.78 is 15.0. The number of amides is 1. The predicted molar refractivity (Wildman–Crippen MR) is 81.9 cm³/mol. The van der Waals surface area contributed by atoms with Crippen molar-refractivity contribution in [3.8, 4) is 5.75 Å². The van der Waals surface area contributed by atoms with Crippen molar-refractivity contribution in [1.82, 2.24) is 5.32 Å². The Bertz CT molecular complexity index is 504. The molecule has 0 aliphatic rings. The first-order valence-electron chi connectivity index (χ1n) is 6.95. The summed E-state index contributed by atoms with van der Waals surface area (Å²) in [5.41, 5.74) is 0.234. The molecule has 22 heavy (non-hydrogen) atoms. The third-order valence-corrected chi connectivity index (χ3v) is 2.78. The van der Waals surface area contributed by atoms with Crippen LogP contribution >= 0.6 is 0 Å². The van der Waals surface area contributed by atoms with Crippen molar-refractivity contribution >= 4 is 12.1 Å². The summed E-state index contributed by atoms with van der Waals surface area (Å²) in [6.45, 7) is 5.26. The van der Waals surface area contributed by atoms with E-state index in [1.165, 1.54) is 7.11 Å². The van der Waals surface area contributed by atoms with Crippen LogP contribution in [-0.2, 0) is 20.7 Å². The minimum absolute atomic E-state index is 0.301. The maximum Gasteiger partial charge on any atom is 0.408 e. The van der Waals surface area contributed by atoms with E-state index in [4.69, 9.17) is 14.2 Å². The predicted octanol–water partition coefficient (Wildman–Crippen LogP) is 2.30. The number of carbonyl (C=O) groups excluding carboxylic acids is 2. The van der Waals surface area contributed by atoms with Crippen LogP contribution in [0.2, 0.25) is 0 Å². The summed E-state index contributed by atoms with van der Waals surface area (Å²) in [5.74, 6) is 0.195. The zero-order valence-electron chi connectivity index (χ0n) is 13.6. The molecule has 0 heterocycles. The zero-order valence-corrected chi connectivity index (χ0v) is 13.6. The van der Waals surface area contributed by atoms with Gasteiger partial charge in [0.15, 0.2) is 0 Å². The highest BCUT2D eigenvalue weighted by Gasteiger charge is 2.25. The van der Waals surface area contributed by atoms with Gasteiger partial charge in [0.2, 0.25) is 0 Å². The second kappa shape index (κ2) is 7.68. The highest BCUT2D eigenvalue weighted by atomic mass is 16.6. The summed E-state index contributed by atoms with van der Waals surface area (Å²) in [6.07, 6.45) is -0.355. The lowest BCUT2D eigenvalue weighted by Crippen LogP contribution is -2.45. The van der Waals surface area contributed by atoms with Crippen molar-refractivity contribution in [3.05, 3.63) is 29.8 Å². The van der Waals surface area contributed by atoms with Crippen LogP contribution in [0.3, 0.4) is 0 Å². The van der Waals surface area contributed by atoms with Gasteiger partial charge in [0.1, 0.15) is 17.4 Å². The van der Waals surface area contributed by atoms with Crippen LogP contribution < -0.4 is 10.1 Å². The summed E-state index contributed by atoms with van der Waals surface area (Å²) in [5, 5.41) is 2.53. The van der Waals surface area contributed by atoms with Gasteiger partial charge in [-0.1, -0.05) is 12.1 Å². The first-order valence-corrected chi connectivity index (χ1v) is 6.95. The molecule has 6 heteroatoms. The molecular formula is C16H23NO5. The van der Waals surface area contributed by atoms with Gasteiger partial charge < -0.3 is 19.5 Å². The minimum atomic E-state index is -0.812. The van der Waals surface area contributed by atoms with E-state index in [9.17, 15) is 9.59 Å². The van der Waals surface area contributed by atoms with E-state index in [1.54, 1.807) is 40.0 Å². The Kier molecular flexibility index (Phi) is 6.22. The molecule has 1 atom stereocenters. The Morgan fingerprint density at radius 3 is 2.18 bits per heavy atom. The van der Waals surface area contributed by atoms with Crippen LogP contribution in [0.15, 0.2) is 24.3 Å². The quantitative estimate of drug-likeness (QED) is 0.845. The van der Waals surface area contributed by atoms with Gasteiger partial charge in [-0.3, -0.25) is 0 Å². The Labute approximate surface area is 130 Å². The fraction of sp³-hybridized carbons (Fsp3) is 0.500. The number of rotatable bonds is 5. The lowest BCUT2D eigenvalue weighted by molar-refractivity contribution is -0.143. The maximum absolute atomic E-state index is 11.8. The Morgan fingerprint density at radius 2 is 1.73 bits per heavy atom. The molecule has 0 aliphatic carbocycles. The van der Waals surface area contributed by atoms with Crippen molar-refractivity contribution in [2.75, 3.05) is 14.2 Å². The van der Waals surface area contributed by atoms with Gasteiger partial charge in [0, 0.05) is 6.42 Å². The molecule has 1 amide bonds. The molecule has 1 aromatic rings. The number of ether oxygens (including phenoxy) is 3. The number of nitrogens with one attached hydrogen (secondary N) is 1. The van der Waals surface area contributed by atoms with Crippen LogP contribution in [0.4, 0.5) is 4.79 Å². The van der Waals surface area contributed by atoms with E-state index in [2.05, 4.69) is 5.32 Å². The first-order chi connectivity index (χ1) is 10.2. The monoisotopic (exact) mass is 309 g/mol. The van der Waals surface area contributed by atoms with E-state index in [1.807, 2.05) is 12.1 Å². The second-order valence-electron chi connectivity index (χ2n) is 5.77. The lowest BCUT2D eigenvalue weighted by Gasteiger charge is -2.22. The van der Waals surface area contributed by atoms with E-state index >= 15 is 0 Å². The lowest BCUT2D eigenvalue weighted by atomic mass is 10.1. The van der Waals surface area contributed by atoms with Gasteiger partial charge in [-0.25, -0.2) is 9.59 Å². The standard InChI is InChI=1S/C16H23NO5/c1-16(2,3)22-15(19)17-13(14(18)21-5)10-11-6-8-12(20-4)9-7-11/h6-9,13H,10H2,1-5H3,(H,17,19). The fourth-order valence-electron chi connectivity index (χ4n) is 1.78. The van der Waals surface area contributed by atoms with Crippen LogP contribution in [0.1, 0.15) is 26.3 Å². The second-order valence-corrected chi connectivity index (χ2v) is 5.77. The number of esters is 1. The van der Waals surface area contributed by atoms with Crippen LogP contribution in [0.25, 0.3) is 0 Å². The van der Waals surface area contributed by atoms with Gasteiger partial charge in [-0.05, 0) is 38.5 Å². The van der Waals surface area contributed by atoms with Gasteiger partial charge >= 0.3 is 12.1 Å². The molecule has 0 radical (unpaired) electrons. The van der Waals surface area contributed by atoms with Gasteiger partial charge in [0.05, 0.1) is 14.2 Å². The maximum atomic E-state index is 11.8. The third-order valence-electron chi connectivity index (χ3n) is 2.78. The number of benzene rings is 1. The summed E-state index contributed by atoms with van der Waals surface area (Å²) in [6, 6.07) is 6.42. The summed E-state index contributed by atoms with van der Waals surface area (Å²) >= 11 is 0. The van der Waals surface area contributed by atoms with Crippen molar-refractivity contribution in [3.63, 3.8) is 0 Å². The van der Waals surface area contributed by atoms with E-state index < -0.39 is 23.7 Å². The Morgan fingerprint density at radius 1 is 1.14 bits per heavy atom. The molecule has 0 fully saturated rings. The number of hydrogen-bond acceptors (Lipinski definition) is 5. The van der Waals surface area contributed by atoms with Crippen molar-refractivity contribution in [2.45, 2.75) is 38.8 Å². The normalized spacial score (nSPS) is 12.2. The van der Waals surface area contributed by atoms with Gasteiger partial charge in [-0.2, -0.15) is 0 Å². The third kappa shape index (κ3) is 6.03. The molecule has 0 bridgehead atoms. The fourth-order valence-corrected chi connectivity index (χ4v) is 1.78. The Balaban J connectivity index is 2.75. The minimum Gasteiger partial charge on any atom is -0.497 e. The SMILES string of the molecule is COC(=O)C(Cc1ccc(OC)cc1)NC(=O)OC(C)(C)C. The highest BCUT2D eigenvalue weighted by molar-refractivity contribution is 5.81. The smallest absolute Gasteiger partial charge is 0.408 e. The van der Waals surface area contributed by atoms with Crippen LogP contribution in [0, 0.1) is 0 Å². The van der Waals surface area contributed by atoms with Crippen LogP contribution in [0.5, 0.6) is 5.75 Å². The molecule has 1 rings (SSSR count). The van der Waals surface area contributed by atoms with Crippen molar-refractivity contribution in [2.24, 2.45) is 0 Å². The number of carbonyl (C=O) groups is 2. The number of hydrogen-bond donors (Lipinski definition) is 1. The molecule has 1 aromatic carbocycles. The topological polar surface area (TPSA) is 73.9 Å². The average Bonchev–Trinajstić information content (AvgIpc) is 2.44. The van der Waals surface area contributed by atoms with E-state index in [-0.39, 0.29) is 0 Å². The molecule has 1 N–H and O–H groups in total. The summed E-state index contributed by atoms with van der Waals surface area (Å²) in [7, 11) is 2.86. The zero-order chi connectivity index (χ0) is 16.8. The first kappa shape index (κ1) is 17.8. The average molecular weight is 309 g/mol. The highest BCUT2D eigenvalue weighted by Crippen LogP contribution is 2.14. The summed E-state index contributed by atoms with van der Waals surface area (Å²) in [4.78, 5) is 23.6. The number of methoxy groups -OCH3 is 2. The van der Waals surface area contributed by atoms with Crippen molar-refractivity contribution < 1.29 is 23.8 Å². The van der Waals surface area contributed by atoms with Crippen molar-refractivity contribution in [1.29, 1.82) is 0 Å². The molecule has 0 spiro atoms. The Hall–Kier alpha value is -2.24. The van der Waals surface area contributed by atoms with Crippen LogP contribution in [-0.4, -0.2) is 37.9 Å². The molecule has 122 valence electrons. The van der Waals surface area contributed by atoms with Gasteiger partial charge in [0.25, 0.3) is 0 Å². The molecule has 0 saturated heterocycles. The molecule has 0 aliphatic heterocycles. The van der Waals surface area contributed by atoms with Gasteiger partial charge in [-0.15, -0.1) is 0 Å². The van der Waals surface area contributed by atoms with E-state index in [0.717, 1.165) is 11.3 Å². The molecule has 6 nitrogen and oxygen atoms in total. The van der Waals surface area contributed by atoms with E-state index in [0.29, 0.717) is 6.42 Å². The molecule has 0 aromatic heterocycles. The molecule has 0 saturated carbocycles. The largest absolute Gasteiger partial charge is 0.497 e. The number of alkyl carbamates (subject to hydrolysis) is 1. The molecule has 1 unspecified atom stereocenters.